The monoisotopic (exact) mass is 182 g/mol. The number of aryl methyl sites for hydroxylation is 1. The number of nitrogens with zero attached hydrogens (tertiary/aromatic N) is 3. The van der Waals surface area contributed by atoms with E-state index < -0.39 is 0 Å². The van der Waals surface area contributed by atoms with Gasteiger partial charge < -0.3 is 5.32 Å². The van der Waals surface area contributed by atoms with Gasteiger partial charge in [-0.15, -0.1) is 10.2 Å². The highest BCUT2D eigenvalue weighted by atomic mass is 32.1. The van der Waals surface area contributed by atoms with Gasteiger partial charge in [-0.3, -0.25) is 0 Å². The first-order chi connectivity index (χ1) is 5.83. The summed E-state index contributed by atoms with van der Waals surface area (Å²) >= 11 is 1.53. The summed E-state index contributed by atoms with van der Waals surface area (Å²) in [5.41, 5.74) is 0. The van der Waals surface area contributed by atoms with E-state index in [9.17, 15) is 0 Å². The molecule has 0 atom stereocenters. The summed E-state index contributed by atoms with van der Waals surface area (Å²) in [6.45, 7) is 2.71. The number of nitriles is 1. The maximum Gasteiger partial charge on any atom is 0.205 e. The molecule has 0 amide bonds. The van der Waals surface area contributed by atoms with Crippen molar-refractivity contribution in [3.63, 3.8) is 0 Å². The van der Waals surface area contributed by atoms with Crippen LogP contribution in [0, 0.1) is 18.3 Å². The van der Waals surface area contributed by atoms with E-state index in [1.807, 2.05) is 6.92 Å². The van der Waals surface area contributed by atoms with Crippen LogP contribution in [0.25, 0.3) is 0 Å². The van der Waals surface area contributed by atoms with Gasteiger partial charge in [0.2, 0.25) is 5.13 Å². The summed E-state index contributed by atoms with van der Waals surface area (Å²) in [6, 6.07) is 2.09. The molecule has 0 aliphatic carbocycles. The third kappa shape index (κ3) is 2.84. The van der Waals surface area contributed by atoms with Crippen LogP contribution in [-0.2, 0) is 0 Å². The number of nitrogens with one attached hydrogen (secondary N) is 1. The SMILES string of the molecule is Cc1nnc(NCCCC#N)s1. The number of hydrogen-bond donors (Lipinski definition) is 1. The Kier molecular flexibility index (Phi) is 3.48. The van der Waals surface area contributed by atoms with Crippen molar-refractivity contribution in [3.8, 4) is 6.07 Å². The third-order valence-electron chi connectivity index (χ3n) is 1.27. The summed E-state index contributed by atoms with van der Waals surface area (Å²) in [5, 5.41) is 20.9. The van der Waals surface area contributed by atoms with Gasteiger partial charge >= 0.3 is 0 Å². The van der Waals surface area contributed by atoms with E-state index >= 15 is 0 Å². The molecule has 1 heterocycles. The normalized spacial score (nSPS) is 9.33. The molecule has 5 heteroatoms. The zero-order valence-corrected chi connectivity index (χ0v) is 7.69. The van der Waals surface area contributed by atoms with E-state index in [0.717, 1.165) is 23.1 Å². The van der Waals surface area contributed by atoms with Crippen LogP contribution in [0.15, 0.2) is 0 Å². The minimum atomic E-state index is 0.588. The fourth-order valence-electron chi connectivity index (χ4n) is 0.731. The summed E-state index contributed by atoms with van der Waals surface area (Å²) in [4.78, 5) is 0. The lowest BCUT2D eigenvalue weighted by Gasteiger charge is -1.96. The molecule has 1 aromatic rings. The summed E-state index contributed by atoms with van der Waals surface area (Å²) in [6.07, 6.45) is 1.44. The van der Waals surface area contributed by atoms with E-state index in [4.69, 9.17) is 5.26 Å². The second-order valence-electron chi connectivity index (χ2n) is 2.31. The van der Waals surface area contributed by atoms with Crippen LogP contribution < -0.4 is 5.32 Å². The van der Waals surface area contributed by atoms with Gasteiger partial charge in [0, 0.05) is 13.0 Å². The molecule has 0 fully saturated rings. The lowest BCUT2D eigenvalue weighted by molar-refractivity contribution is 0.890. The number of aromatic nitrogens is 2. The van der Waals surface area contributed by atoms with Gasteiger partial charge in [-0.25, -0.2) is 0 Å². The van der Waals surface area contributed by atoms with E-state index in [2.05, 4.69) is 21.6 Å². The number of anilines is 1. The summed E-state index contributed by atoms with van der Waals surface area (Å²) in [5.74, 6) is 0. The van der Waals surface area contributed by atoms with Crippen LogP contribution in [0.2, 0.25) is 0 Å². The average Bonchev–Trinajstić information content (AvgIpc) is 2.45. The van der Waals surface area contributed by atoms with Crippen molar-refractivity contribution in [2.75, 3.05) is 11.9 Å². The topological polar surface area (TPSA) is 61.6 Å². The molecule has 12 heavy (non-hydrogen) atoms. The first kappa shape index (κ1) is 8.94. The van der Waals surface area contributed by atoms with Crippen molar-refractivity contribution in [3.05, 3.63) is 5.01 Å². The van der Waals surface area contributed by atoms with Crippen LogP contribution in [0.1, 0.15) is 17.8 Å². The second-order valence-corrected chi connectivity index (χ2v) is 3.50. The Morgan fingerprint density at radius 1 is 1.58 bits per heavy atom. The van der Waals surface area contributed by atoms with Crippen molar-refractivity contribution < 1.29 is 0 Å². The molecular formula is C7H10N4S. The van der Waals surface area contributed by atoms with Crippen LogP contribution in [0.3, 0.4) is 0 Å². The first-order valence-electron chi connectivity index (χ1n) is 3.74. The van der Waals surface area contributed by atoms with Crippen LogP contribution >= 0.6 is 11.3 Å². The summed E-state index contributed by atoms with van der Waals surface area (Å²) < 4.78 is 0. The Hall–Kier alpha value is -1.15. The molecule has 1 aromatic heterocycles. The van der Waals surface area contributed by atoms with Crippen molar-refractivity contribution in [1.82, 2.24) is 10.2 Å². The molecule has 0 unspecified atom stereocenters. The lowest BCUT2D eigenvalue weighted by atomic mass is 10.3. The predicted molar refractivity (Wildman–Crippen MR) is 48.0 cm³/mol. The molecule has 1 rings (SSSR count). The van der Waals surface area contributed by atoms with Gasteiger partial charge in [-0.05, 0) is 13.3 Å². The molecular weight excluding hydrogens is 172 g/mol. The van der Waals surface area contributed by atoms with E-state index in [-0.39, 0.29) is 0 Å². The zero-order chi connectivity index (χ0) is 8.81. The number of hydrogen-bond acceptors (Lipinski definition) is 5. The number of unbranched alkanes of at least 4 members (excludes halogenated alkanes) is 1. The number of rotatable bonds is 4. The minimum Gasteiger partial charge on any atom is -0.360 e. The zero-order valence-electron chi connectivity index (χ0n) is 6.87. The smallest absolute Gasteiger partial charge is 0.205 e. The van der Waals surface area contributed by atoms with Gasteiger partial charge in [0.05, 0.1) is 6.07 Å². The molecule has 64 valence electrons. The molecule has 0 spiro atoms. The van der Waals surface area contributed by atoms with Crippen molar-refractivity contribution in [2.45, 2.75) is 19.8 Å². The molecule has 1 N–H and O–H groups in total. The summed E-state index contributed by atoms with van der Waals surface area (Å²) in [7, 11) is 0. The Morgan fingerprint density at radius 3 is 3.00 bits per heavy atom. The van der Waals surface area contributed by atoms with Gasteiger partial charge in [-0.2, -0.15) is 5.26 Å². The molecule has 0 aliphatic heterocycles. The van der Waals surface area contributed by atoms with Gasteiger partial charge in [0.15, 0.2) is 0 Å². The maximum absolute atomic E-state index is 8.26. The molecule has 4 nitrogen and oxygen atoms in total. The Labute approximate surface area is 75.2 Å². The van der Waals surface area contributed by atoms with Crippen LogP contribution in [0.5, 0.6) is 0 Å². The molecule has 0 radical (unpaired) electrons. The van der Waals surface area contributed by atoms with Crippen molar-refractivity contribution in [2.24, 2.45) is 0 Å². The van der Waals surface area contributed by atoms with Crippen LogP contribution in [-0.4, -0.2) is 16.7 Å². The maximum atomic E-state index is 8.26. The van der Waals surface area contributed by atoms with Crippen LogP contribution in [0.4, 0.5) is 5.13 Å². The molecule has 0 saturated carbocycles. The fraction of sp³-hybridized carbons (Fsp3) is 0.571. The fourth-order valence-corrected chi connectivity index (χ4v) is 1.35. The van der Waals surface area contributed by atoms with Crippen molar-refractivity contribution in [1.29, 1.82) is 5.26 Å². The highest BCUT2D eigenvalue weighted by Crippen LogP contribution is 2.13. The largest absolute Gasteiger partial charge is 0.360 e. The Bertz CT molecular complexity index is 275. The highest BCUT2D eigenvalue weighted by Gasteiger charge is 1.97. The Balaban J connectivity index is 2.21. The second kappa shape index (κ2) is 4.67. The van der Waals surface area contributed by atoms with Gasteiger partial charge in [0.25, 0.3) is 0 Å². The highest BCUT2D eigenvalue weighted by molar-refractivity contribution is 7.15. The van der Waals surface area contributed by atoms with E-state index in [0.29, 0.717) is 6.42 Å². The minimum absolute atomic E-state index is 0.588. The predicted octanol–water partition coefficient (Wildman–Crippen LogP) is 1.56. The van der Waals surface area contributed by atoms with Crippen molar-refractivity contribution >= 4 is 16.5 Å². The van der Waals surface area contributed by atoms with E-state index in [1.165, 1.54) is 11.3 Å². The first-order valence-corrected chi connectivity index (χ1v) is 4.55. The van der Waals surface area contributed by atoms with Gasteiger partial charge in [0.1, 0.15) is 5.01 Å². The average molecular weight is 182 g/mol. The molecule has 0 saturated heterocycles. The molecule has 0 bridgehead atoms. The standard InChI is InChI=1S/C7H10N4S/c1-6-10-11-7(12-6)9-5-3-2-4-8/h2-3,5H2,1H3,(H,9,11). The van der Waals surface area contributed by atoms with Gasteiger partial charge in [-0.1, -0.05) is 11.3 Å². The third-order valence-corrected chi connectivity index (χ3v) is 2.06. The Morgan fingerprint density at radius 2 is 2.42 bits per heavy atom. The van der Waals surface area contributed by atoms with E-state index in [1.54, 1.807) is 0 Å². The molecule has 0 aliphatic rings. The molecule has 0 aromatic carbocycles. The quantitative estimate of drug-likeness (QED) is 0.718. The lowest BCUT2D eigenvalue weighted by Crippen LogP contribution is -2.00.